The summed E-state index contributed by atoms with van der Waals surface area (Å²) in [4.78, 5) is 3.47. The number of pyridine rings is 1. The van der Waals surface area contributed by atoms with Crippen LogP contribution in [-0.2, 0) is 26.2 Å². The number of halogens is 3. The molecule has 4 aromatic rings. The number of benzene rings is 3. The molecular weight excluding hydrogens is 491 g/mol. The summed E-state index contributed by atoms with van der Waals surface area (Å²) < 4.78 is 94.6. The molecule has 0 aliphatic heterocycles. The van der Waals surface area contributed by atoms with Gasteiger partial charge in [-0.2, -0.15) is 13.2 Å². The van der Waals surface area contributed by atoms with Crippen LogP contribution < -0.4 is 9.44 Å². The highest BCUT2D eigenvalue weighted by Gasteiger charge is 2.31. The zero-order chi connectivity index (χ0) is 24.6. The van der Waals surface area contributed by atoms with Crippen molar-refractivity contribution in [2.45, 2.75) is 16.0 Å². The van der Waals surface area contributed by atoms with Gasteiger partial charge in [0.15, 0.2) is 0 Å². The van der Waals surface area contributed by atoms with E-state index in [0.29, 0.717) is 11.5 Å². The Labute approximate surface area is 193 Å². The topological polar surface area (TPSA) is 105 Å². The minimum Gasteiger partial charge on any atom is -0.280 e. The first-order valence-corrected chi connectivity index (χ1v) is 12.6. The van der Waals surface area contributed by atoms with Crippen molar-refractivity contribution in [3.63, 3.8) is 0 Å². The lowest BCUT2D eigenvalue weighted by molar-refractivity contribution is -0.137. The molecular formula is C22H16F3N3O4S2. The molecule has 0 unspecified atom stereocenters. The molecule has 2 N–H and O–H groups in total. The first kappa shape index (κ1) is 23.5. The van der Waals surface area contributed by atoms with Gasteiger partial charge < -0.3 is 0 Å². The third kappa shape index (κ3) is 4.97. The Hall–Kier alpha value is -3.64. The molecule has 3 aromatic carbocycles. The van der Waals surface area contributed by atoms with Crippen molar-refractivity contribution < 1.29 is 30.0 Å². The number of nitrogens with zero attached hydrogens (tertiary/aromatic N) is 1. The molecule has 0 spiro atoms. The lowest BCUT2D eigenvalue weighted by Gasteiger charge is -2.13. The lowest BCUT2D eigenvalue weighted by atomic mass is 10.2. The largest absolute Gasteiger partial charge is 0.416 e. The maximum absolute atomic E-state index is 13.0. The first-order chi connectivity index (χ1) is 16.0. The molecule has 4 rings (SSSR count). The van der Waals surface area contributed by atoms with Crippen LogP contribution in [-0.4, -0.2) is 21.8 Å². The quantitative estimate of drug-likeness (QED) is 0.388. The molecule has 0 amide bonds. The van der Waals surface area contributed by atoms with Gasteiger partial charge in [0.25, 0.3) is 20.0 Å². The smallest absolute Gasteiger partial charge is 0.280 e. The van der Waals surface area contributed by atoms with Gasteiger partial charge in [-0.05, 0) is 48.5 Å². The molecule has 0 saturated heterocycles. The van der Waals surface area contributed by atoms with Crippen molar-refractivity contribution in [1.82, 2.24) is 4.98 Å². The molecule has 1 heterocycles. The van der Waals surface area contributed by atoms with E-state index in [9.17, 15) is 30.0 Å². The van der Waals surface area contributed by atoms with Crippen LogP contribution in [0.25, 0.3) is 10.9 Å². The van der Waals surface area contributed by atoms with E-state index >= 15 is 0 Å². The highest BCUT2D eigenvalue weighted by Crippen LogP contribution is 2.31. The van der Waals surface area contributed by atoms with E-state index in [1.165, 1.54) is 36.5 Å². The number of hydrogen-bond donors (Lipinski definition) is 2. The Morgan fingerprint density at radius 1 is 0.706 bits per heavy atom. The molecule has 34 heavy (non-hydrogen) atoms. The average Bonchev–Trinajstić information content (AvgIpc) is 2.78. The van der Waals surface area contributed by atoms with Crippen LogP contribution in [0, 0.1) is 0 Å². The second-order valence-corrected chi connectivity index (χ2v) is 10.5. The fourth-order valence-corrected chi connectivity index (χ4v) is 5.53. The standard InChI is InChI=1S/C22H16F3N3O4S2/c23-22(24,25)16-7-2-10-19(13-16)33(29,30)27-17-8-3-9-18(14-17)28-34(31,32)20-11-1-5-15-6-4-12-26-21(15)20/h1-14,27-28H. The van der Waals surface area contributed by atoms with Crippen LogP contribution in [0.5, 0.6) is 0 Å². The van der Waals surface area contributed by atoms with E-state index < -0.39 is 36.7 Å². The molecule has 7 nitrogen and oxygen atoms in total. The van der Waals surface area contributed by atoms with E-state index in [2.05, 4.69) is 14.4 Å². The van der Waals surface area contributed by atoms with Crippen LogP contribution in [0.3, 0.4) is 0 Å². The highest BCUT2D eigenvalue weighted by molar-refractivity contribution is 7.93. The number of sulfonamides is 2. The minimum atomic E-state index is -4.71. The summed E-state index contributed by atoms with van der Waals surface area (Å²) in [6, 6.07) is 16.7. The summed E-state index contributed by atoms with van der Waals surface area (Å²) >= 11 is 0. The van der Waals surface area contributed by atoms with Gasteiger partial charge in [-0.3, -0.25) is 14.4 Å². The highest BCUT2D eigenvalue weighted by atomic mass is 32.2. The van der Waals surface area contributed by atoms with E-state index in [0.717, 1.165) is 18.2 Å². The van der Waals surface area contributed by atoms with Crippen molar-refractivity contribution in [3.05, 3.63) is 90.6 Å². The average molecular weight is 508 g/mol. The van der Waals surface area contributed by atoms with Crippen molar-refractivity contribution >= 4 is 42.3 Å². The normalized spacial score (nSPS) is 12.4. The second-order valence-electron chi connectivity index (χ2n) is 7.15. The van der Waals surface area contributed by atoms with Gasteiger partial charge in [-0.25, -0.2) is 16.8 Å². The Balaban J connectivity index is 1.61. The predicted octanol–water partition coefficient (Wildman–Crippen LogP) is 4.86. The van der Waals surface area contributed by atoms with Crippen LogP contribution >= 0.6 is 0 Å². The van der Waals surface area contributed by atoms with Crippen LogP contribution in [0.2, 0.25) is 0 Å². The number of nitrogens with one attached hydrogen (secondary N) is 2. The monoisotopic (exact) mass is 507 g/mol. The fraction of sp³-hybridized carbons (Fsp3) is 0.0455. The number of hydrogen-bond acceptors (Lipinski definition) is 5. The Kier molecular flexibility index (Phi) is 5.96. The molecule has 0 aliphatic rings. The predicted molar refractivity (Wildman–Crippen MR) is 121 cm³/mol. The molecule has 1 aromatic heterocycles. The van der Waals surface area contributed by atoms with Crippen molar-refractivity contribution in [2.75, 3.05) is 9.44 Å². The first-order valence-electron chi connectivity index (χ1n) is 9.62. The van der Waals surface area contributed by atoms with Gasteiger partial charge in [-0.15, -0.1) is 0 Å². The molecule has 0 saturated carbocycles. The minimum absolute atomic E-state index is 0.0391. The van der Waals surface area contributed by atoms with E-state index in [4.69, 9.17) is 0 Å². The number of rotatable bonds is 6. The SMILES string of the molecule is O=S(=O)(Nc1cccc(NS(=O)(=O)c2cccc3cccnc23)c1)c1cccc(C(F)(F)F)c1. The summed E-state index contributed by atoms with van der Waals surface area (Å²) in [5, 5.41) is 0.618. The Bertz CT molecular complexity index is 1580. The molecule has 12 heteroatoms. The number of aromatic nitrogens is 1. The fourth-order valence-electron chi connectivity index (χ4n) is 3.20. The number of para-hydroxylation sites is 1. The van der Waals surface area contributed by atoms with Gasteiger partial charge in [0.05, 0.1) is 27.4 Å². The van der Waals surface area contributed by atoms with Gasteiger partial charge in [-0.1, -0.05) is 30.3 Å². The summed E-state index contributed by atoms with van der Waals surface area (Å²) in [6.07, 6.45) is -3.25. The molecule has 0 bridgehead atoms. The van der Waals surface area contributed by atoms with E-state index in [-0.39, 0.29) is 21.8 Å². The van der Waals surface area contributed by atoms with Crippen LogP contribution in [0.1, 0.15) is 5.56 Å². The lowest BCUT2D eigenvalue weighted by Crippen LogP contribution is -2.16. The molecule has 0 aliphatic carbocycles. The summed E-state index contributed by atoms with van der Waals surface area (Å²) in [5.74, 6) is 0. The number of fused-ring (bicyclic) bond motifs is 1. The maximum Gasteiger partial charge on any atom is 0.416 e. The third-order valence-corrected chi connectivity index (χ3v) is 7.52. The van der Waals surface area contributed by atoms with Crippen molar-refractivity contribution in [3.8, 4) is 0 Å². The summed E-state index contributed by atoms with van der Waals surface area (Å²) in [7, 11) is -8.46. The van der Waals surface area contributed by atoms with Gasteiger partial charge in [0.1, 0.15) is 4.90 Å². The van der Waals surface area contributed by atoms with E-state index in [1.54, 1.807) is 24.3 Å². The summed E-state index contributed by atoms with van der Waals surface area (Å²) in [6.45, 7) is 0. The van der Waals surface area contributed by atoms with Gasteiger partial charge in [0, 0.05) is 11.6 Å². The van der Waals surface area contributed by atoms with Crippen molar-refractivity contribution in [1.29, 1.82) is 0 Å². The van der Waals surface area contributed by atoms with Gasteiger partial charge >= 0.3 is 6.18 Å². The number of anilines is 2. The maximum atomic E-state index is 13.0. The zero-order valence-electron chi connectivity index (χ0n) is 17.1. The van der Waals surface area contributed by atoms with Crippen LogP contribution in [0.15, 0.2) is 94.9 Å². The molecule has 0 radical (unpaired) electrons. The number of alkyl halides is 3. The van der Waals surface area contributed by atoms with Crippen molar-refractivity contribution in [2.24, 2.45) is 0 Å². The molecule has 0 fully saturated rings. The Morgan fingerprint density at radius 3 is 2.03 bits per heavy atom. The molecule has 176 valence electrons. The third-order valence-electron chi connectivity index (χ3n) is 4.72. The zero-order valence-corrected chi connectivity index (χ0v) is 18.7. The van der Waals surface area contributed by atoms with Gasteiger partial charge in [0.2, 0.25) is 0 Å². The second kappa shape index (κ2) is 8.61. The summed E-state index contributed by atoms with van der Waals surface area (Å²) in [5.41, 5.74) is -0.856. The van der Waals surface area contributed by atoms with Crippen LogP contribution in [0.4, 0.5) is 24.5 Å². The Morgan fingerprint density at radius 2 is 1.32 bits per heavy atom. The molecule has 0 atom stereocenters. The van der Waals surface area contributed by atoms with E-state index in [1.807, 2.05) is 0 Å².